The van der Waals surface area contributed by atoms with Gasteiger partial charge in [-0.05, 0) is 31.7 Å². The average Bonchev–Trinajstić information content (AvgIpc) is 2.43. The van der Waals surface area contributed by atoms with Crippen LogP contribution in [0.2, 0.25) is 0 Å². The number of aliphatic hydroxyl groups is 1. The monoisotopic (exact) mass is 297 g/mol. The highest BCUT2D eigenvalue weighted by Crippen LogP contribution is 2.31. The van der Waals surface area contributed by atoms with E-state index in [1.807, 2.05) is 36.9 Å². The molecule has 0 spiro atoms. The van der Waals surface area contributed by atoms with E-state index in [-0.39, 0.29) is 18.5 Å². The first kappa shape index (κ1) is 16.7. The van der Waals surface area contributed by atoms with Gasteiger partial charge in [-0.2, -0.15) is 0 Å². The van der Waals surface area contributed by atoms with E-state index in [0.717, 1.165) is 21.9 Å². The molecule has 1 aromatic carbocycles. The lowest BCUT2D eigenvalue weighted by Crippen LogP contribution is -2.35. The van der Waals surface area contributed by atoms with Gasteiger partial charge in [-0.15, -0.1) is 11.8 Å². The number of oxime groups is 1. The molecule has 0 amide bonds. The Balaban J connectivity index is 3.39. The number of nitrogens with two attached hydrogens (primary N) is 1. The predicted octanol–water partition coefficient (Wildman–Crippen LogP) is 2.10. The minimum Gasteiger partial charge on any atom is -0.409 e. The van der Waals surface area contributed by atoms with Crippen LogP contribution in [0.15, 0.2) is 28.3 Å². The molecule has 112 valence electrons. The van der Waals surface area contributed by atoms with Crippen LogP contribution in [-0.4, -0.2) is 41.1 Å². The number of aliphatic hydroxyl groups excluding tert-OH is 1. The number of thioether (sulfide) groups is 1. The van der Waals surface area contributed by atoms with Gasteiger partial charge < -0.3 is 20.9 Å². The number of anilines is 1. The maximum atomic E-state index is 9.25. The molecule has 0 saturated carbocycles. The van der Waals surface area contributed by atoms with Gasteiger partial charge in [0.25, 0.3) is 0 Å². The van der Waals surface area contributed by atoms with Crippen LogP contribution in [0.3, 0.4) is 0 Å². The minimum atomic E-state index is 0.0545. The molecule has 0 atom stereocenters. The van der Waals surface area contributed by atoms with Crippen LogP contribution in [0.5, 0.6) is 0 Å². The van der Waals surface area contributed by atoms with Crippen LogP contribution in [0.1, 0.15) is 26.3 Å². The van der Waals surface area contributed by atoms with Gasteiger partial charge in [0, 0.05) is 23.2 Å². The second-order valence-electron chi connectivity index (χ2n) is 4.58. The summed E-state index contributed by atoms with van der Waals surface area (Å²) in [4.78, 5) is 3.02. The second kappa shape index (κ2) is 8.01. The zero-order chi connectivity index (χ0) is 15.1. The van der Waals surface area contributed by atoms with E-state index < -0.39 is 0 Å². The fourth-order valence-corrected chi connectivity index (χ4v) is 2.95. The third-order valence-corrected chi connectivity index (χ3v) is 3.88. The quantitative estimate of drug-likeness (QED) is 0.236. The van der Waals surface area contributed by atoms with Crippen LogP contribution in [0.4, 0.5) is 5.69 Å². The van der Waals surface area contributed by atoms with Crippen LogP contribution < -0.4 is 10.6 Å². The second-order valence-corrected chi connectivity index (χ2v) is 5.89. The first-order valence-electron chi connectivity index (χ1n) is 6.68. The first-order valence-corrected chi connectivity index (χ1v) is 7.66. The van der Waals surface area contributed by atoms with Gasteiger partial charge in [0.15, 0.2) is 5.84 Å². The number of hydrogen-bond donors (Lipinski definition) is 3. The number of hydrogen-bond acceptors (Lipinski definition) is 5. The van der Waals surface area contributed by atoms with Crippen LogP contribution >= 0.6 is 11.8 Å². The van der Waals surface area contributed by atoms with Crippen molar-refractivity contribution in [3.63, 3.8) is 0 Å². The Kier molecular flexibility index (Phi) is 6.67. The highest BCUT2D eigenvalue weighted by Gasteiger charge is 2.19. The van der Waals surface area contributed by atoms with Crippen molar-refractivity contribution >= 4 is 23.3 Å². The predicted molar refractivity (Wildman–Crippen MR) is 84.9 cm³/mol. The molecule has 0 saturated heterocycles. The van der Waals surface area contributed by atoms with Crippen molar-refractivity contribution in [2.75, 3.05) is 23.8 Å². The van der Waals surface area contributed by atoms with E-state index >= 15 is 0 Å². The Morgan fingerprint density at radius 2 is 2.15 bits per heavy atom. The molecule has 0 bridgehead atoms. The molecule has 6 heteroatoms. The zero-order valence-electron chi connectivity index (χ0n) is 12.2. The number of nitrogens with zero attached hydrogens (tertiary/aromatic N) is 2. The lowest BCUT2D eigenvalue weighted by atomic mass is 10.1. The van der Waals surface area contributed by atoms with E-state index in [9.17, 15) is 5.11 Å². The molecular weight excluding hydrogens is 274 g/mol. The van der Waals surface area contributed by atoms with Gasteiger partial charge in [-0.3, -0.25) is 0 Å². The summed E-state index contributed by atoms with van der Waals surface area (Å²) < 4.78 is 0. The summed E-state index contributed by atoms with van der Waals surface area (Å²) in [5.74, 6) is 0.997. The summed E-state index contributed by atoms with van der Waals surface area (Å²) in [7, 11) is 0. The number of benzene rings is 1. The third-order valence-electron chi connectivity index (χ3n) is 2.94. The van der Waals surface area contributed by atoms with Crippen molar-refractivity contribution < 1.29 is 10.3 Å². The number of amidine groups is 1. The smallest absolute Gasteiger partial charge is 0.173 e. The number of rotatable bonds is 7. The summed E-state index contributed by atoms with van der Waals surface area (Å²) >= 11 is 1.65. The van der Waals surface area contributed by atoms with E-state index in [1.54, 1.807) is 11.8 Å². The van der Waals surface area contributed by atoms with E-state index in [2.05, 4.69) is 12.1 Å². The minimum absolute atomic E-state index is 0.0545. The van der Waals surface area contributed by atoms with Crippen LogP contribution in [-0.2, 0) is 0 Å². The van der Waals surface area contributed by atoms with E-state index in [0.29, 0.717) is 6.54 Å². The van der Waals surface area contributed by atoms with Gasteiger partial charge in [0.2, 0.25) is 0 Å². The average molecular weight is 297 g/mol. The van der Waals surface area contributed by atoms with Gasteiger partial charge in [0.05, 0.1) is 12.2 Å². The molecule has 0 aromatic heterocycles. The van der Waals surface area contributed by atoms with Gasteiger partial charge in [0.1, 0.15) is 0 Å². The lowest BCUT2D eigenvalue weighted by molar-refractivity contribution is 0.299. The summed E-state index contributed by atoms with van der Waals surface area (Å²) in [6.07, 6.45) is 0. The first-order chi connectivity index (χ1) is 9.56. The van der Waals surface area contributed by atoms with Gasteiger partial charge in [-0.25, -0.2) is 0 Å². The Bertz CT molecular complexity index is 464. The molecule has 0 aliphatic carbocycles. The fourth-order valence-electron chi connectivity index (χ4n) is 2.11. The molecule has 5 nitrogen and oxygen atoms in total. The molecule has 0 heterocycles. The summed E-state index contributed by atoms with van der Waals surface area (Å²) in [5.41, 5.74) is 7.46. The Morgan fingerprint density at radius 1 is 1.45 bits per heavy atom. The summed E-state index contributed by atoms with van der Waals surface area (Å²) in [5, 5.41) is 21.4. The van der Waals surface area contributed by atoms with Crippen molar-refractivity contribution in [3.05, 3.63) is 23.8 Å². The lowest BCUT2D eigenvalue weighted by Gasteiger charge is -2.30. The maximum Gasteiger partial charge on any atom is 0.173 e. The molecule has 1 aromatic rings. The Morgan fingerprint density at radius 3 is 2.65 bits per heavy atom. The highest BCUT2D eigenvalue weighted by molar-refractivity contribution is 7.99. The highest BCUT2D eigenvalue weighted by atomic mass is 32.2. The molecular formula is C14H23N3O2S. The molecule has 0 fully saturated rings. The van der Waals surface area contributed by atoms with Crippen molar-refractivity contribution in [2.24, 2.45) is 10.9 Å². The van der Waals surface area contributed by atoms with Crippen molar-refractivity contribution in [1.29, 1.82) is 0 Å². The standard InChI is InChI=1S/C14H23N3O2S/c1-4-20-12-7-5-6-11(13(12)14(15)16-19)17(8-9-18)10(2)3/h5-7,10,18-19H,4,8-9H2,1-3H3,(H2,15,16). The molecule has 0 radical (unpaired) electrons. The molecule has 0 aliphatic rings. The molecule has 20 heavy (non-hydrogen) atoms. The topological polar surface area (TPSA) is 82.1 Å². The van der Waals surface area contributed by atoms with E-state index in [4.69, 9.17) is 10.9 Å². The fraction of sp³-hybridized carbons (Fsp3) is 0.500. The normalized spacial score (nSPS) is 11.9. The Hall–Kier alpha value is -1.40. The summed E-state index contributed by atoms with van der Waals surface area (Å²) in [6.45, 7) is 6.71. The molecule has 0 unspecified atom stereocenters. The van der Waals surface area contributed by atoms with Crippen molar-refractivity contribution in [1.82, 2.24) is 0 Å². The van der Waals surface area contributed by atoms with Crippen molar-refractivity contribution in [2.45, 2.75) is 31.7 Å². The summed E-state index contributed by atoms with van der Waals surface area (Å²) in [6, 6.07) is 6.05. The van der Waals surface area contributed by atoms with E-state index in [1.165, 1.54) is 0 Å². The molecule has 4 N–H and O–H groups in total. The zero-order valence-corrected chi connectivity index (χ0v) is 13.0. The van der Waals surface area contributed by atoms with Crippen LogP contribution in [0, 0.1) is 0 Å². The van der Waals surface area contributed by atoms with Crippen molar-refractivity contribution in [3.8, 4) is 0 Å². The van der Waals surface area contributed by atoms with Gasteiger partial charge >= 0.3 is 0 Å². The molecule has 1 rings (SSSR count). The third kappa shape index (κ3) is 3.80. The maximum absolute atomic E-state index is 9.25. The largest absolute Gasteiger partial charge is 0.409 e. The Labute approximate surface area is 124 Å². The molecule has 0 aliphatic heterocycles. The SMILES string of the molecule is CCSc1cccc(N(CCO)C(C)C)c1/C(N)=N/O. The van der Waals surface area contributed by atoms with Crippen LogP contribution in [0.25, 0.3) is 0 Å². The van der Waals surface area contributed by atoms with Gasteiger partial charge in [-0.1, -0.05) is 18.1 Å².